The number of carbonyl (C=O) groups excluding carboxylic acids is 3. The standard InChI is InChI=1S/C18H25F3N2O5/c1-5-6-13-9-15(16(25)28-17(26)18(19,20)21)23(10-13)8-7-14(11(2)27-4)22-12(3)24/h5-6,13-15H,2,7-10H2,1,3-4H3,(H,22,24). The molecule has 1 heterocycles. The van der Waals surface area contributed by atoms with E-state index < -0.39 is 30.2 Å². The Labute approximate surface area is 161 Å². The van der Waals surface area contributed by atoms with Gasteiger partial charge in [0.25, 0.3) is 0 Å². The van der Waals surface area contributed by atoms with Gasteiger partial charge in [-0.15, -0.1) is 0 Å². The van der Waals surface area contributed by atoms with Crippen molar-refractivity contribution < 1.29 is 37.0 Å². The lowest BCUT2D eigenvalue weighted by Gasteiger charge is -2.26. The zero-order valence-corrected chi connectivity index (χ0v) is 16.0. The van der Waals surface area contributed by atoms with Crippen molar-refractivity contribution in [2.75, 3.05) is 20.2 Å². The molecule has 0 spiro atoms. The molecule has 158 valence electrons. The predicted molar refractivity (Wildman–Crippen MR) is 93.8 cm³/mol. The van der Waals surface area contributed by atoms with Gasteiger partial charge in [-0.05, 0) is 25.7 Å². The molecule has 28 heavy (non-hydrogen) atoms. The number of hydrogen-bond donors (Lipinski definition) is 1. The van der Waals surface area contributed by atoms with Gasteiger partial charge in [0.2, 0.25) is 5.91 Å². The van der Waals surface area contributed by atoms with E-state index >= 15 is 0 Å². The molecule has 0 bridgehead atoms. The SMILES string of the molecule is C=C(OC)C(CCN1CC(C=CC)CC1C(=O)OC(=O)C(F)(F)F)NC(C)=O. The molecule has 0 saturated carbocycles. The molecule has 1 rings (SSSR count). The van der Waals surface area contributed by atoms with E-state index in [2.05, 4.69) is 16.6 Å². The van der Waals surface area contributed by atoms with Crippen molar-refractivity contribution in [2.24, 2.45) is 5.92 Å². The van der Waals surface area contributed by atoms with Crippen molar-refractivity contribution in [1.82, 2.24) is 10.2 Å². The number of esters is 2. The van der Waals surface area contributed by atoms with Crippen LogP contribution in [0.5, 0.6) is 0 Å². The lowest BCUT2D eigenvalue weighted by Crippen LogP contribution is -2.43. The second-order valence-corrected chi connectivity index (χ2v) is 6.45. The number of likely N-dealkylation sites (tertiary alicyclic amines) is 1. The zero-order valence-electron chi connectivity index (χ0n) is 16.0. The fourth-order valence-corrected chi connectivity index (χ4v) is 3.06. The monoisotopic (exact) mass is 406 g/mol. The van der Waals surface area contributed by atoms with Crippen LogP contribution in [0.1, 0.15) is 26.7 Å². The summed E-state index contributed by atoms with van der Waals surface area (Å²) >= 11 is 0. The summed E-state index contributed by atoms with van der Waals surface area (Å²) < 4.78 is 46.2. The lowest BCUT2D eigenvalue weighted by atomic mass is 10.1. The van der Waals surface area contributed by atoms with E-state index in [4.69, 9.17) is 4.74 Å². The summed E-state index contributed by atoms with van der Waals surface area (Å²) in [7, 11) is 1.40. The van der Waals surface area contributed by atoms with Gasteiger partial charge in [-0.25, -0.2) is 9.59 Å². The van der Waals surface area contributed by atoms with E-state index in [1.54, 1.807) is 17.9 Å². The van der Waals surface area contributed by atoms with Crippen LogP contribution < -0.4 is 5.32 Å². The molecule has 0 aromatic heterocycles. The average Bonchev–Trinajstić information content (AvgIpc) is 3.00. The minimum Gasteiger partial charge on any atom is -0.500 e. The molecular weight excluding hydrogens is 381 g/mol. The molecule has 1 saturated heterocycles. The van der Waals surface area contributed by atoms with Crippen LogP contribution >= 0.6 is 0 Å². The Morgan fingerprint density at radius 2 is 2.00 bits per heavy atom. The summed E-state index contributed by atoms with van der Waals surface area (Å²) in [6.07, 6.45) is -1.08. The van der Waals surface area contributed by atoms with Crippen molar-refractivity contribution >= 4 is 17.8 Å². The smallest absolute Gasteiger partial charge is 0.491 e. The Kier molecular flexibility index (Phi) is 8.67. The Morgan fingerprint density at radius 1 is 1.36 bits per heavy atom. The average molecular weight is 406 g/mol. The quantitative estimate of drug-likeness (QED) is 0.287. The number of alkyl halides is 3. The van der Waals surface area contributed by atoms with Gasteiger partial charge in [0.1, 0.15) is 11.8 Å². The summed E-state index contributed by atoms with van der Waals surface area (Å²) in [6.45, 7) is 7.48. The van der Waals surface area contributed by atoms with Crippen LogP contribution in [-0.2, 0) is 23.9 Å². The van der Waals surface area contributed by atoms with E-state index in [1.165, 1.54) is 14.0 Å². The first-order chi connectivity index (χ1) is 13.0. The highest BCUT2D eigenvalue weighted by Crippen LogP contribution is 2.27. The summed E-state index contributed by atoms with van der Waals surface area (Å²) in [5.74, 6) is -3.84. The van der Waals surface area contributed by atoms with Crippen LogP contribution in [-0.4, -0.2) is 61.2 Å². The topological polar surface area (TPSA) is 84.9 Å². The molecule has 1 aliphatic rings. The van der Waals surface area contributed by atoms with Crippen LogP contribution in [0, 0.1) is 5.92 Å². The Hall–Kier alpha value is -2.36. The first-order valence-electron chi connectivity index (χ1n) is 8.69. The third-order valence-corrected chi connectivity index (χ3v) is 4.33. The number of carbonyl (C=O) groups is 3. The first-order valence-corrected chi connectivity index (χ1v) is 8.69. The third kappa shape index (κ3) is 6.99. The van der Waals surface area contributed by atoms with Gasteiger partial charge in [-0.2, -0.15) is 13.2 Å². The number of methoxy groups -OCH3 is 1. The molecule has 1 N–H and O–H groups in total. The van der Waals surface area contributed by atoms with Gasteiger partial charge in [0.05, 0.1) is 13.2 Å². The summed E-state index contributed by atoms with van der Waals surface area (Å²) in [4.78, 5) is 36.1. The maximum Gasteiger partial charge on any atom is 0.491 e. The van der Waals surface area contributed by atoms with E-state index in [1.807, 2.05) is 6.08 Å². The number of hydrogen-bond acceptors (Lipinski definition) is 6. The van der Waals surface area contributed by atoms with Gasteiger partial charge in [-0.3, -0.25) is 9.69 Å². The van der Waals surface area contributed by atoms with Crippen LogP contribution in [0.15, 0.2) is 24.5 Å². The zero-order chi connectivity index (χ0) is 21.5. The van der Waals surface area contributed by atoms with E-state index in [0.29, 0.717) is 18.7 Å². The van der Waals surface area contributed by atoms with Crippen molar-refractivity contribution in [1.29, 1.82) is 0 Å². The largest absolute Gasteiger partial charge is 0.500 e. The number of rotatable bonds is 8. The first kappa shape index (κ1) is 23.7. The second kappa shape index (κ2) is 10.3. The van der Waals surface area contributed by atoms with Crippen LogP contribution in [0.4, 0.5) is 13.2 Å². The van der Waals surface area contributed by atoms with E-state index in [-0.39, 0.29) is 24.8 Å². The van der Waals surface area contributed by atoms with Gasteiger partial charge in [0.15, 0.2) is 0 Å². The lowest BCUT2D eigenvalue weighted by molar-refractivity contribution is -0.203. The van der Waals surface area contributed by atoms with Crippen LogP contribution in [0.25, 0.3) is 0 Å². The number of ether oxygens (including phenoxy) is 2. The minimum atomic E-state index is -5.24. The van der Waals surface area contributed by atoms with Crippen LogP contribution in [0.3, 0.4) is 0 Å². The van der Waals surface area contributed by atoms with Gasteiger partial charge in [-0.1, -0.05) is 18.7 Å². The molecule has 3 atom stereocenters. The highest BCUT2D eigenvalue weighted by molar-refractivity contribution is 5.91. The molecule has 1 amide bonds. The van der Waals surface area contributed by atoms with Crippen molar-refractivity contribution in [3.05, 3.63) is 24.5 Å². The molecule has 3 unspecified atom stereocenters. The van der Waals surface area contributed by atoms with Gasteiger partial charge < -0.3 is 14.8 Å². The molecule has 10 heteroatoms. The molecule has 0 aliphatic carbocycles. The number of nitrogens with zero attached hydrogens (tertiary/aromatic N) is 1. The summed E-state index contributed by atoms with van der Waals surface area (Å²) in [5.41, 5.74) is 0. The van der Waals surface area contributed by atoms with E-state index in [0.717, 1.165) is 0 Å². The fourth-order valence-electron chi connectivity index (χ4n) is 3.06. The van der Waals surface area contributed by atoms with Crippen LogP contribution in [0.2, 0.25) is 0 Å². The fraction of sp³-hybridized carbons (Fsp3) is 0.611. The molecule has 0 aromatic carbocycles. The summed E-state index contributed by atoms with van der Waals surface area (Å²) in [6, 6.07) is -1.53. The predicted octanol–water partition coefficient (Wildman–Crippen LogP) is 1.94. The highest BCUT2D eigenvalue weighted by atomic mass is 19.4. The maximum atomic E-state index is 12.4. The third-order valence-electron chi connectivity index (χ3n) is 4.33. The molecule has 0 aromatic rings. The minimum absolute atomic E-state index is 0.0756. The van der Waals surface area contributed by atoms with Crippen molar-refractivity contribution in [3.63, 3.8) is 0 Å². The second-order valence-electron chi connectivity index (χ2n) is 6.45. The highest BCUT2D eigenvalue weighted by Gasteiger charge is 2.45. The van der Waals surface area contributed by atoms with Gasteiger partial charge in [0, 0.05) is 20.0 Å². The molecule has 0 radical (unpaired) electrons. The molecule has 7 nitrogen and oxygen atoms in total. The van der Waals surface area contributed by atoms with E-state index in [9.17, 15) is 27.6 Å². The normalized spacial score (nSPS) is 21.4. The number of amides is 1. The number of nitrogens with one attached hydrogen (secondary N) is 1. The summed E-state index contributed by atoms with van der Waals surface area (Å²) in [5, 5.41) is 2.66. The number of allylic oxidation sites excluding steroid dienone is 1. The molecule has 1 aliphatic heterocycles. The Morgan fingerprint density at radius 3 is 2.50 bits per heavy atom. The van der Waals surface area contributed by atoms with Gasteiger partial charge >= 0.3 is 18.1 Å². The molecule has 1 fully saturated rings. The Bertz CT molecular complexity index is 633. The van der Waals surface area contributed by atoms with Crippen molar-refractivity contribution in [2.45, 2.75) is 44.9 Å². The Balaban J connectivity index is 2.86. The van der Waals surface area contributed by atoms with Crippen molar-refractivity contribution in [3.8, 4) is 0 Å². The maximum absolute atomic E-state index is 12.4. The molecular formula is C18H25F3N2O5. The number of halogens is 3.